The number of aliphatic imine (C=N–C) groups is 1. The first-order valence-corrected chi connectivity index (χ1v) is 10.3. The van der Waals surface area contributed by atoms with E-state index in [0.717, 1.165) is 22.6 Å². The topological polar surface area (TPSA) is 105 Å². The summed E-state index contributed by atoms with van der Waals surface area (Å²) in [5.41, 5.74) is 14.6. The van der Waals surface area contributed by atoms with Crippen LogP contribution in [0.15, 0.2) is 89.9 Å². The fraction of sp³-hybridized carbons (Fsp3) is 0.0769. The van der Waals surface area contributed by atoms with Gasteiger partial charge < -0.3 is 25.7 Å². The third-order valence-corrected chi connectivity index (χ3v) is 4.95. The van der Waals surface area contributed by atoms with Crippen molar-refractivity contribution >= 4 is 11.7 Å². The molecule has 4 aromatic rings. The van der Waals surface area contributed by atoms with Crippen molar-refractivity contribution in [1.82, 2.24) is 4.98 Å². The molecule has 4 rings (SSSR count). The number of nitrogen functional groups attached to an aromatic ring is 1. The van der Waals surface area contributed by atoms with Crippen LogP contribution in [0, 0.1) is 0 Å². The van der Waals surface area contributed by atoms with Gasteiger partial charge in [-0.1, -0.05) is 30.3 Å². The van der Waals surface area contributed by atoms with Crippen LogP contribution in [0.5, 0.6) is 28.9 Å². The second kappa shape index (κ2) is 9.74. The number of para-hydroxylation sites is 1. The van der Waals surface area contributed by atoms with Crippen LogP contribution in [0.3, 0.4) is 0 Å². The van der Waals surface area contributed by atoms with E-state index in [0.29, 0.717) is 22.9 Å². The first-order valence-electron chi connectivity index (χ1n) is 10.3. The minimum Gasteiger partial charge on any atom is -0.497 e. The normalized spacial score (nSPS) is 11.2. The maximum Gasteiger partial charge on any atom is 0.221 e. The fourth-order valence-corrected chi connectivity index (χ4v) is 3.29. The Bertz CT molecular complexity index is 1260. The largest absolute Gasteiger partial charge is 0.497 e. The summed E-state index contributed by atoms with van der Waals surface area (Å²) in [5.74, 6) is 3.65. The minimum atomic E-state index is 0.226. The summed E-state index contributed by atoms with van der Waals surface area (Å²) in [6, 6.07) is 26.2. The Morgan fingerprint density at radius 1 is 0.788 bits per heavy atom. The first-order chi connectivity index (χ1) is 16.1. The second-order valence-electron chi connectivity index (χ2n) is 7.09. The molecule has 0 unspecified atom stereocenters. The lowest BCUT2D eigenvalue weighted by Gasteiger charge is -2.15. The Morgan fingerprint density at radius 3 is 2.00 bits per heavy atom. The van der Waals surface area contributed by atoms with E-state index in [2.05, 4.69) is 9.98 Å². The Labute approximate surface area is 192 Å². The van der Waals surface area contributed by atoms with Gasteiger partial charge in [-0.05, 0) is 54.1 Å². The zero-order valence-electron chi connectivity index (χ0n) is 18.4. The summed E-state index contributed by atoms with van der Waals surface area (Å²) >= 11 is 0. The van der Waals surface area contributed by atoms with Crippen LogP contribution in [0.25, 0.3) is 11.1 Å². The van der Waals surface area contributed by atoms with Crippen LogP contribution in [0.2, 0.25) is 0 Å². The molecule has 3 aromatic carbocycles. The van der Waals surface area contributed by atoms with E-state index >= 15 is 0 Å². The average molecular weight is 441 g/mol. The molecule has 4 N–H and O–H groups in total. The number of benzene rings is 3. The number of aromatic nitrogens is 1. The Balaban J connectivity index is 1.68. The molecule has 1 heterocycles. The Morgan fingerprint density at radius 2 is 1.36 bits per heavy atom. The van der Waals surface area contributed by atoms with Gasteiger partial charge in [-0.3, -0.25) is 4.99 Å². The molecule has 0 amide bonds. The third kappa shape index (κ3) is 5.04. The van der Waals surface area contributed by atoms with Crippen molar-refractivity contribution in [2.75, 3.05) is 19.9 Å². The lowest BCUT2D eigenvalue weighted by molar-refractivity contribution is 0.412. The summed E-state index contributed by atoms with van der Waals surface area (Å²) < 4.78 is 17.0. The van der Waals surface area contributed by atoms with Gasteiger partial charge in [0, 0.05) is 18.7 Å². The lowest BCUT2D eigenvalue weighted by Crippen LogP contribution is -2.17. The number of methoxy groups -OCH3 is 1. The summed E-state index contributed by atoms with van der Waals surface area (Å²) in [6.07, 6.45) is 0. The zero-order chi connectivity index (χ0) is 23.2. The number of ether oxygens (including phenoxy) is 3. The summed E-state index contributed by atoms with van der Waals surface area (Å²) in [4.78, 5) is 8.49. The van der Waals surface area contributed by atoms with Crippen LogP contribution in [-0.2, 0) is 0 Å². The highest BCUT2D eigenvalue weighted by molar-refractivity contribution is 6.07. The molecule has 0 aliphatic heterocycles. The maximum atomic E-state index is 6.27. The predicted molar refractivity (Wildman–Crippen MR) is 130 cm³/mol. The number of nitrogens with zero attached hydrogens (tertiary/aromatic N) is 2. The van der Waals surface area contributed by atoms with E-state index in [1.165, 1.54) is 0 Å². The highest BCUT2D eigenvalue weighted by Crippen LogP contribution is 2.34. The van der Waals surface area contributed by atoms with Gasteiger partial charge in [0.1, 0.15) is 34.7 Å². The van der Waals surface area contributed by atoms with E-state index in [4.69, 9.17) is 25.7 Å². The van der Waals surface area contributed by atoms with Crippen molar-refractivity contribution < 1.29 is 14.2 Å². The SMILES string of the molecule is CN=C(N)c1c(-c2ccc(Oc3ccccc3)cc2)cc(Oc2ccc(OC)cc2)nc1N. The van der Waals surface area contributed by atoms with E-state index in [9.17, 15) is 0 Å². The number of nitrogens with two attached hydrogens (primary N) is 2. The molecule has 0 saturated carbocycles. The van der Waals surface area contributed by atoms with Gasteiger partial charge in [0.25, 0.3) is 0 Å². The van der Waals surface area contributed by atoms with Gasteiger partial charge in [0.15, 0.2) is 0 Å². The van der Waals surface area contributed by atoms with E-state index < -0.39 is 0 Å². The number of anilines is 1. The molecule has 166 valence electrons. The van der Waals surface area contributed by atoms with E-state index in [1.807, 2.05) is 54.6 Å². The number of amidine groups is 1. The standard InChI is InChI=1S/C26H24N4O3/c1-29-25(27)24-22(17-8-10-20(11-9-17)32-19-6-4-3-5-7-19)16-23(30-26(24)28)33-21-14-12-18(31-2)13-15-21/h3-16H,1-2H3,(H2,27,29)(H2,28,30). The van der Waals surface area contributed by atoms with Crippen LogP contribution in [0.4, 0.5) is 5.82 Å². The summed E-state index contributed by atoms with van der Waals surface area (Å²) in [5, 5.41) is 0. The molecule has 0 saturated heterocycles. The number of hydrogen-bond acceptors (Lipinski definition) is 6. The lowest BCUT2D eigenvalue weighted by atomic mass is 10.00. The first kappa shape index (κ1) is 21.7. The quantitative estimate of drug-likeness (QED) is 0.300. The predicted octanol–water partition coefficient (Wildman–Crippen LogP) is 5.26. The molecular formula is C26H24N4O3. The smallest absolute Gasteiger partial charge is 0.221 e. The van der Waals surface area contributed by atoms with Gasteiger partial charge in [-0.25, -0.2) is 0 Å². The molecule has 7 heteroatoms. The molecule has 1 aromatic heterocycles. The molecule has 0 aliphatic rings. The minimum absolute atomic E-state index is 0.226. The van der Waals surface area contributed by atoms with Crippen LogP contribution >= 0.6 is 0 Å². The number of pyridine rings is 1. The molecule has 7 nitrogen and oxygen atoms in total. The van der Waals surface area contributed by atoms with Crippen molar-refractivity contribution in [3.05, 3.63) is 90.5 Å². The van der Waals surface area contributed by atoms with E-state index in [1.54, 1.807) is 44.5 Å². The molecule has 0 spiro atoms. The summed E-state index contributed by atoms with van der Waals surface area (Å²) in [7, 11) is 3.22. The van der Waals surface area contributed by atoms with E-state index in [-0.39, 0.29) is 11.7 Å². The van der Waals surface area contributed by atoms with Crippen molar-refractivity contribution in [1.29, 1.82) is 0 Å². The monoisotopic (exact) mass is 440 g/mol. The molecule has 0 atom stereocenters. The molecule has 0 fully saturated rings. The summed E-state index contributed by atoms with van der Waals surface area (Å²) in [6.45, 7) is 0. The van der Waals surface area contributed by atoms with Crippen molar-refractivity contribution in [3.63, 3.8) is 0 Å². The van der Waals surface area contributed by atoms with Crippen LogP contribution in [0.1, 0.15) is 5.56 Å². The third-order valence-electron chi connectivity index (χ3n) is 4.95. The van der Waals surface area contributed by atoms with Crippen molar-refractivity contribution in [2.24, 2.45) is 10.7 Å². The van der Waals surface area contributed by atoms with Gasteiger partial charge in [-0.2, -0.15) is 4.98 Å². The average Bonchev–Trinajstić information content (AvgIpc) is 2.85. The fourth-order valence-electron chi connectivity index (χ4n) is 3.29. The molecule has 33 heavy (non-hydrogen) atoms. The maximum absolute atomic E-state index is 6.27. The highest BCUT2D eigenvalue weighted by atomic mass is 16.5. The highest BCUT2D eigenvalue weighted by Gasteiger charge is 2.17. The van der Waals surface area contributed by atoms with Gasteiger partial charge in [0.2, 0.25) is 5.88 Å². The van der Waals surface area contributed by atoms with Crippen molar-refractivity contribution in [2.45, 2.75) is 0 Å². The molecule has 0 aliphatic carbocycles. The molecule has 0 bridgehead atoms. The zero-order valence-corrected chi connectivity index (χ0v) is 18.4. The molecule has 0 radical (unpaired) electrons. The number of hydrogen-bond donors (Lipinski definition) is 2. The second-order valence-corrected chi connectivity index (χ2v) is 7.09. The molecular weight excluding hydrogens is 416 g/mol. The Hall–Kier alpha value is -4.52. The number of rotatable bonds is 7. The Kier molecular flexibility index (Phi) is 6.40. The van der Waals surface area contributed by atoms with Crippen LogP contribution in [-0.4, -0.2) is 25.0 Å². The van der Waals surface area contributed by atoms with Crippen molar-refractivity contribution in [3.8, 4) is 40.0 Å². The van der Waals surface area contributed by atoms with Gasteiger partial charge in [0.05, 0.1) is 12.7 Å². The van der Waals surface area contributed by atoms with Crippen LogP contribution < -0.4 is 25.7 Å². The van der Waals surface area contributed by atoms with Gasteiger partial charge >= 0.3 is 0 Å². The van der Waals surface area contributed by atoms with Gasteiger partial charge in [-0.15, -0.1) is 0 Å².